The number of aromatic amines is 2. The largest absolute Gasteiger partial charge is 0.453 e. The molecular weight excluding hydrogens is 444 g/mol. The average Bonchev–Trinajstić information content (AvgIpc) is 3.69. The molecule has 178 valence electrons. The maximum Gasteiger partial charge on any atom is 0.407 e. The Labute approximate surface area is 202 Å². The zero-order chi connectivity index (χ0) is 24.2. The molecule has 9 heteroatoms. The summed E-state index contributed by atoms with van der Waals surface area (Å²) in [6.45, 7) is 0.539. The van der Waals surface area contributed by atoms with Crippen molar-refractivity contribution in [1.29, 1.82) is 0 Å². The normalized spacial score (nSPS) is 15.2. The Bertz CT molecular complexity index is 1300. The van der Waals surface area contributed by atoms with Crippen LogP contribution in [0, 0.1) is 0 Å². The van der Waals surface area contributed by atoms with Crippen molar-refractivity contribution in [3.63, 3.8) is 0 Å². The molecule has 1 unspecified atom stereocenters. The molecule has 2 aromatic heterocycles. The Morgan fingerprint density at radius 1 is 1.00 bits per heavy atom. The molecule has 0 aliphatic carbocycles. The van der Waals surface area contributed by atoms with Crippen molar-refractivity contribution in [2.75, 3.05) is 20.2 Å². The number of hydrogen-bond acceptors (Lipinski definition) is 5. The Morgan fingerprint density at radius 2 is 1.66 bits per heavy atom. The monoisotopic (exact) mass is 470 g/mol. The fourth-order valence-corrected chi connectivity index (χ4v) is 4.42. The van der Waals surface area contributed by atoms with E-state index in [9.17, 15) is 9.59 Å². The van der Waals surface area contributed by atoms with Crippen molar-refractivity contribution >= 4 is 12.0 Å². The van der Waals surface area contributed by atoms with Gasteiger partial charge in [-0.1, -0.05) is 48.5 Å². The zero-order valence-electron chi connectivity index (χ0n) is 19.3. The van der Waals surface area contributed by atoms with Gasteiger partial charge in [-0.25, -0.2) is 14.8 Å². The highest BCUT2D eigenvalue weighted by atomic mass is 16.5. The van der Waals surface area contributed by atoms with Crippen molar-refractivity contribution < 1.29 is 14.3 Å². The molecule has 1 saturated heterocycles. The topological polar surface area (TPSA) is 116 Å². The zero-order valence-corrected chi connectivity index (χ0v) is 19.3. The molecule has 2 amide bonds. The van der Waals surface area contributed by atoms with Crippen LogP contribution in [0.3, 0.4) is 0 Å². The van der Waals surface area contributed by atoms with Crippen LogP contribution in [-0.2, 0) is 9.53 Å². The van der Waals surface area contributed by atoms with Crippen molar-refractivity contribution in [2.45, 2.75) is 18.9 Å². The second kappa shape index (κ2) is 9.84. The summed E-state index contributed by atoms with van der Waals surface area (Å²) in [5.41, 5.74) is 6.25. The predicted octanol–water partition coefficient (Wildman–Crippen LogP) is 4.15. The summed E-state index contributed by atoms with van der Waals surface area (Å²) in [6, 6.07) is 16.5. The second-order valence-electron chi connectivity index (χ2n) is 8.39. The van der Waals surface area contributed by atoms with E-state index in [0.29, 0.717) is 6.54 Å². The molecule has 1 aliphatic heterocycles. The number of imidazole rings is 2. The molecule has 5 rings (SSSR count). The van der Waals surface area contributed by atoms with Crippen LogP contribution in [0.5, 0.6) is 0 Å². The summed E-state index contributed by atoms with van der Waals surface area (Å²) in [5.74, 6) is 0.598. The first-order valence-corrected chi connectivity index (χ1v) is 11.5. The second-order valence-corrected chi connectivity index (χ2v) is 8.39. The highest BCUT2D eigenvalue weighted by Crippen LogP contribution is 2.32. The van der Waals surface area contributed by atoms with Gasteiger partial charge in [-0.2, -0.15) is 0 Å². The Kier molecular flexibility index (Phi) is 6.30. The van der Waals surface area contributed by atoms with E-state index in [1.165, 1.54) is 7.11 Å². The maximum absolute atomic E-state index is 12.6. The van der Waals surface area contributed by atoms with E-state index in [0.717, 1.165) is 52.3 Å². The first-order chi connectivity index (χ1) is 17.1. The van der Waals surface area contributed by atoms with E-state index < -0.39 is 6.09 Å². The first-order valence-electron chi connectivity index (χ1n) is 11.5. The van der Waals surface area contributed by atoms with Gasteiger partial charge in [0.1, 0.15) is 12.4 Å². The third-order valence-corrected chi connectivity index (χ3v) is 6.28. The lowest BCUT2D eigenvalue weighted by Gasteiger charge is -2.23. The minimum atomic E-state index is -0.619. The molecule has 9 nitrogen and oxygen atoms in total. The minimum absolute atomic E-state index is 0.0962. The number of nitrogens with zero attached hydrogens (tertiary/aromatic N) is 3. The number of amides is 2. The van der Waals surface area contributed by atoms with E-state index in [1.807, 2.05) is 6.20 Å². The Morgan fingerprint density at radius 3 is 2.29 bits per heavy atom. The molecule has 35 heavy (non-hydrogen) atoms. The van der Waals surface area contributed by atoms with Crippen LogP contribution in [-0.4, -0.2) is 57.0 Å². The molecule has 4 aromatic rings. The number of rotatable bonds is 6. The molecule has 3 heterocycles. The highest BCUT2D eigenvalue weighted by molar-refractivity contribution is 5.82. The number of likely N-dealkylation sites (tertiary alicyclic amines) is 1. The number of nitrogens with one attached hydrogen (secondary N) is 3. The smallest absolute Gasteiger partial charge is 0.407 e. The van der Waals surface area contributed by atoms with E-state index in [2.05, 4.69) is 78.5 Å². The van der Waals surface area contributed by atoms with Gasteiger partial charge >= 0.3 is 6.09 Å². The number of alkyl carbamates (subject to hydrolysis) is 1. The van der Waals surface area contributed by atoms with Gasteiger partial charge in [0.05, 0.1) is 43.3 Å². The standard InChI is InChI=1S/C26H26N6O3/c1-35-26(34)29-15-24(33)32-12-2-3-23(32)25-28-14-22(31-25)20-10-6-18(7-11-20)17-4-8-19(9-5-17)21-13-27-16-30-21/h4-11,13-14,16,23H,2-3,12,15H2,1H3,(H,27,30)(H,28,31)(H,29,34). The summed E-state index contributed by atoms with van der Waals surface area (Å²) in [7, 11) is 1.27. The van der Waals surface area contributed by atoms with Gasteiger partial charge in [0, 0.05) is 6.54 Å². The summed E-state index contributed by atoms with van der Waals surface area (Å²) < 4.78 is 4.54. The SMILES string of the molecule is COC(=O)NCC(=O)N1CCCC1c1ncc(-c2ccc(-c3ccc(-c4cnc[nH]4)cc3)cc2)[nH]1. The van der Waals surface area contributed by atoms with Crippen LogP contribution in [0.2, 0.25) is 0 Å². The minimum Gasteiger partial charge on any atom is -0.453 e. The Balaban J connectivity index is 1.27. The summed E-state index contributed by atoms with van der Waals surface area (Å²) in [5, 5.41) is 2.45. The molecule has 2 aromatic carbocycles. The number of carbonyl (C=O) groups is 2. The van der Waals surface area contributed by atoms with Crippen LogP contribution in [0.15, 0.2) is 67.3 Å². The predicted molar refractivity (Wildman–Crippen MR) is 131 cm³/mol. The van der Waals surface area contributed by atoms with Gasteiger partial charge in [-0.3, -0.25) is 4.79 Å². The van der Waals surface area contributed by atoms with E-state index in [1.54, 1.807) is 17.4 Å². The van der Waals surface area contributed by atoms with Crippen LogP contribution in [0.25, 0.3) is 33.6 Å². The summed E-state index contributed by atoms with van der Waals surface area (Å²) >= 11 is 0. The lowest BCUT2D eigenvalue weighted by atomic mass is 10.0. The van der Waals surface area contributed by atoms with E-state index in [4.69, 9.17) is 0 Å². The van der Waals surface area contributed by atoms with Crippen molar-refractivity contribution in [3.8, 4) is 33.6 Å². The lowest BCUT2D eigenvalue weighted by molar-refractivity contribution is -0.131. The van der Waals surface area contributed by atoms with Crippen LogP contribution < -0.4 is 5.32 Å². The first kappa shape index (κ1) is 22.4. The molecule has 0 bridgehead atoms. The third kappa shape index (κ3) is 4.79. The van der Waals surface area contributed by atoms with Crippen molar-refractivity contribution in [2.24, 2.45) is 0 Å². The number of methoxy groups -OCH3 is 1. The highest BCUT2D eigenvalue weighted by Gasteiger charge is 2.32. The van der Waals surface area contributed by atoms with Gasteiger partial charge < -0.3 is 24.9 Å². The van der Waals surface area contributed by atoms with E-state index >= 15 is 0 Å². The number of carbonyl (C=O) groups excluding carboxylic acids is 2. The number of H-pyrrole nitrogens is 2. The number of aromatic nitrogens is 4. The summed E-state index contributed by atoms with van der Waals surface area (Å²) in [4.78, 5) is 40.8. The quantitative estimate of drug-likeness (QED) is 0.391. The van der Waals surface area contributed by atoms with Crippen LogP contribution in [0.4, 0.5) is 4.79 Å². The Hall–Kier alpha value is -4.40. The fourth-order valence-electron chi connectivity index (χ4n) is 4.42. The van der Waals surface area contributed by atoms with Crippen molar-refractivity contribution in [1.82, 2.24) is 30.2 Å². The summed E-state index contributed by atoms with van der Waals surface area (Å²) in [6.07, 6.45) is 6.38. The van der Waals surface area contributed by atoms with Gasteiger partial charge in [0.2, 0.25) is 5.91 Å². The molecule has 1 atom stereocenters. The number of ether oxygens (including phenoxy) is 1. The maximum atomic E-state index is 12.6. The third-order valence-electron chi connectivity index (χ3n) is 6.28. The van der Waals surface area contributed by atoms with Gasteiger partial charge in [-0.05, 0) is 35.1 Å². The fraction of sp³-hybridized carbons (Fsp3) is 0.231. The molecule has 0 radical (unpaired) electrons. The lowest BCUT2D eigenvalue weighted by Crippen LogP contribution is -2.40. The molecule has 0 saturated carbocycles. The van der Waals surface area contributed by atoms with Crippen LogP contribution >= 0.6 is 0 Å². The average molecular weight is 471 g/mol. The molecule has 1 fully saturated rings. The van der Waals surface area contributed by atoms with Crippen molar-refractivity contribution in [3.05, 3.63) is 73.1 Å². The van der Waals surface area contributed by atoms with Gasteiger partial charge in [0.25, 0.3) is 0 Å². The molecule has 3 N–H and O–H groups in total. The number of benzene rings is 2. The van der Waals surface area contributed by atoms with Crippen LogP contribution in [0.1, 0.15) is 24.7 Å². The van der Waals surface area contributed by atoms with Gasteiger partial charge in [0.15, 0.2) is 0 Å². The number of hydrogen-bond donors (Lipinski definition) is 3. The molecule has 0 spiro atoms. The molecular formula is C26H26N6O3. The van der Waals surface area contributed by atoms with E-state index in [-0.39, 0.29) is 18.5 Å². The molecule has 1 aliphatic rings. The van der Waals surface area contributed by atoms with Gasteiger partial charge in [-0.15, -0.1) is 0 Å².